The van der Waals surface area contributed by atoms with Gasteiger partial charge in [0.2, 0.25) is 11.8 Å². The minimum atomic E-state index is -0.220. The van der Waals surface area contributed by atoms with Crippen LogP contribution in [-0.4, -0.2) is 30.4 Å². The average Bonchev–Trinajstić information content (AvgIpc) is 2.61. The van der Waals surface area contributed by atoms with Crippen molar-refractivity contribution in [2.75, 3.05) is 19.0 Å². The van der Waals surface area contributed by atoms with Crippen LogP contribution in [0.15, 0.2) is 48.5 Å². The molecule has 0 saturated heterocycles. The summed E-state index contributed by atoms with van der Waals surface area (Å²) in [5.74, 6) is 0.385. The molecule has 0 aliphatic rings. The van der Waals surface area contributed by atoms with Crippen molar-refractivity contribution in [3.8, 4) is 5.75 Å². The Bertz CT molecular complexity index is 775. The van der Waals surface area contributed by atoms with Gasteiger partial charge in [0.25, 0.3) is 0 Å². The molecule has 0 aliphatic carbocycles. The molecule has 0 radical (unpaired) electrons. The Kier molecular flexibility index (Phi) is 6.61. The lowest BCUT2D eigenvalue weighted by molar-refractivity contribution is -0.133. The molecular weight excluding hydrogens is 340 g/mol. The average molecular weight is 368 g/mol. The first-order valence-corrected chi connectivity index (χ1v) is 8.98. The number of carbonyl (C=O) groups excluding carboxylic acids is 2. The highest BCUT2D eigenvalue weighted by Crippen LogP contribution is 2.23. The van der Waals surface area contributed by atoms with Crippen LogP contribution in [0.1, 0.15) is 38.8 Å². The van der Waals surface area contributed by atoms with Crippen LogP contribution in [0, 0.1) is 0 Å². The van der Waals surface area contributed by atoms with Crippen molar-refractivity contribution in [1.82, 2.24) is 4.90 Å². The maximum atomic E-state index is 12.4. The third-order valence-corrected chi connectivity index (χ3v) is 4.35. The molecule has 0 atom stereocenters. The quantitative estimate of drug-likeness (QED) is 0.839. The van der Waals surface area contributed by atoms with Gasteiger partial charge >= 0.3 is 0 Å². The van der Waals surface area contributed by atoms with E-state index >= 15 is 0 Å². The van der Waals surface area contributed by atoms with E-state index in [1.54, 1.807) is 7.11 Å². The molecule has 0 spiro atoms. The smallest absolute Gasteiger partial charge is 0.244 e. The van der Waals surface area contributed by atoms with Crippen molar-refractivity contribution in [2.24, 2.45) is 0 Å². The molecule has 0 saturated carbocycles. The Morgan fingerprint density at radius 2 is 1.59 bits per heavy atom. The molecule has 2 amide bonds. The number of hydrogen-bond donors (Lipinski definition) is 1. The van der Waals surface area contributed by atoms with Gasteiger partial charge in [-0.05, 0) is 40.8 Å². The first kappa shape index (κ1) is 20.5. The molecule has 144 valence electrons. The second kappa shape index (κ2) is 8.71. The van der Waals surface area contributed by atoms with E-state index in [-0.39, 0.29) is 23.8 Å². The summed E-state index contributed by atoms with van der Waals surface area (Å²) in [4.78, 5) is 25.8. The van der Waals surface area contributed by atoms with Gasteiger partial charge in [-0.25, -0.2) is 0 Å². The van der Waals surface area contributed by atoms with Gasteiger partial charge in [-0.15, -0.1) is 0 Å². The van der Waals surface area contributed by atoms with Gasteiger partial charge in [0.1, 0.15) is 12.3 Å². The normalized spacial score (nSPS) is 11.0. The number of benzene rings is 2. The fourth-order valence-electron chi connectivity index (χ4n) is 2.66. The molecule has 0 fully saturated rings. The van der Waals surface area contributed by atoms with Gasteiger partial charge < -0.3 is 15.0 Å². The van der Waals surface area contributed by atoms with Crippen molar-refractivity contribution in [2.45, 2.75) is 39.7 Å². The highest BCUT2D eigenvalue weighted by atomic mass is 16.5. The molecule has 5 nitrogen and oxygen atoms in total. The Labute approximate surface area is 161 Å². The maximum absolute atomic E-state index is 12.4. The van der Waals surface area contributed by atoms with Crippen LogP contribution < -0.4 is 10.1 Å². The molecule has 2 aromatic carbocycles. The number of carbonyl (C=O) groups is 2. The topological polar surface area (TPSA) is 58.6 Å². The van der Waals surface area contributed by atoms with Crippen LogP contribution in [0.5, 0.6) is 5.75 Å². The molecule has 5 heteroatoms. The first-order valence-electron chi connectivity index (χ1n) is 8.98. The first-order chi connectivity index (χ1) is 12.7. The van der Waals surface area contributed by atoms with Crippen molar-refractivity contribution >= 4 is 17.5 Å². The van der Waals surface area contributed by atoms with Crippen LogP contribution in [0.2, 0.25) is 0 Å². The van der Waals surface area contributed by atoms with Gasteiger partial charge in [0.05, 0.1) is 7.11 Å². The minimum Gasteiger partial charge on any atom is -0.497 e. The molecule has 0 aromatic heterocycles. The van der Waals surface area contributed by atoms with E-state index in [2.05, 4.69) is 26.1 Å². The summed E-state index contributed by atoms with van der Waals surface area (Å²) in [6.07, 6.45) is 0. The number of rotatable bonds is 6. The largest absolute Gasteiger partial charge is 0.497 e. The molecule has 27 heavy (non-hydrogen) atoms. The molecule has 0 aliphatic heterocycles. The second-order valence-corrected chi connectivity index (χ2v) is 7.60. The predicted octanol–water partition coefficient (Wildman–Crippen LogP) is 3.98. The van der Waals surface area contributed by atoms with Crippen molar-refractivity contribution in [1.29, 1.82) is 0 Å². The van der Waals surface area contributed by atoms with Crippen molar-refractivity contribution in [3.05, 3.63) is 59.7 Å². The van der Waals surface area contributed by atoms with Crippen LogP contribution in [0.4, 0.5) is 5.69 Å². The van der Waals surface area contributed by atoms with Crippen LogP contribution in [-0.2, 0) is 21.5 Å². The van der Waals surface area contributed by atoms with Gasteiger partial charge in [0.15, 0.2) is 0 Å². The summed E-state index contributed by atoms with van der Waals surface area (Å²) < 4.78 is 5.14. The number of nitrogens with zero attached hydrogens (tertiary/aromatic N) is 1. The van der Waals surface area contributed by atoms with Crippen molar-refractivity contribution < 1.29 is 14.3 Å². The van der Waals surface area contributed by atoms with Crippen LogP contribution in [0.25, 0.3) is 0 Å². The highest BCUT2D eigenvalue weighted by Gasteiger charge is 2.16. The van der Waals surface area contributed by atoms with E-state index in [0.717, 1.165) is 17.0 Å². The third-order valence-electron chi connectivity index (χ3n) is 4.35. The number of anilines is 1. The molecule has 1 N–H and O–H groups in total. The highest BCUT2D eigenvalue weighted by molar-refractivity contribution is 5.94. The summed E-state index contributed by atoms with van der Waals surface area (Å²) in [6.45, 7) is 8.27. The molecule has 2 aromatic rings. The fourth-order valence-corrected chi connectivity index (χ4v) is 2.66. The zero-order valence-corrected chi connectivity index (χ0v) is 16.7. The van der Waals surface area contributed by atoms with E-state index in [0.29, 0.717) is 6.54 Å². The number of ether oxygens (including phenoxy) is 1. The summed E-state index contributed by atoms with van der Waals surface area (Å²) in [7, 11) is 1.61. The second-order valence-electron chi connectivity index (χ2n) is 7.60. The SMILES string of the molecule is COc1ccc(CN(CC(=O)Nc2ccc(C(C)(C)C)cc2)C(C)=O)cc1. The lowest BCUT2D eigenvalue weighted by Crippen LogP contribution is -2.36. The number of methoxy groups -OCH3 is 1. The van der Waals surface area contributed by atoms with Gasteiger partial charge in [0, 0.05) is 19.2 Å². The number of nitrogens with one attached hydrogen (secondary N) is 1. The standard InChI is InChI=1S/C22H28N2O3/c1-16(25)24(14-17-6-12-20(27-5)13-7-17)15-21(26)23-19-10-8-18(9-11-19)22(2,3)4/h6-13H,14-15H2,1-5H3,(H,23,26). The summed E-state index contributed by atoms with van der Waals surface area (Å²) in [5.41, 5.74) is 2.92. The molecular formula is C22H28N2O3. The molecule has 0 heterocycles. The Balaban J connectivity index is 1.98. The Hall–Kier alpha value is -2.82. The van der Waals surface area contributed by atoms with E-state index in [4.69, 9.17) is 4.74 Å². The van der Waals surface area contributed by atoms with Crippen molar-refractivity contribution in [3.63, 3.8) is 0 Å². The van der Waals surface area contributed by atoms with E-state index in [9.17, 15) is 9.59 Å². The zero-order valence-electron chi connectivity index (χ0n) is 16.7. The Morgan fingerprint density at radius 3 is 2.07 bits per heavy atom. The van der Waals surface area contributed by atoms with E-state index in [1.807, 2.05) is 48.5 Å². The lowest BCUT2D eigenvalue weighted by atomic mass is 9.87. The van der Waals surface area contributed by atoms with Gasteiger partial charge in [-0.1, -0.05) is 45.0 Å². The minimum absolute atomic E-state index is 0.00237. The monoisotopic (exact) mass is 368 g/mol. The summed E-state index contributed by atoms with van der Waals surface area (Å²) in [5, 5.41) is 2.86. The zero-order chi connectivity index (χ0) is 20.0. The van der Waals surface area contributed by atoms with E-state index in [1.165, 1.54) is 17.4 Å². The summed E-state index contributed by atoms with van der Waals surface area (Å²) >= 11 is 0. The number of hydrogen-bond acceptors (Lipinski definition) is 3. The lowest BCUT2D eigenvalue weighted by Gasteiger charge is -2.21. The van der Waals surface area contributed by atoms with Crippen LogP contribution >= 0.6 is 0 Å². The molecule has 2 rings (SSSR count). The summed E-state index contributed by atoms with van der Waals surface area (Å²) in [6, 6.07) is 15.2. The maximum Gasteiger partial charge on any atom is 0.244 e. The molecule has 0 bridgehead atoms. The predicted molar refractivity (Wildman–Crippen MR) is 108 cm³/mol. The van der Waals surface area contributed by atoms with Gasteiger partial charge in [-0.2, -0.15) is 0 Å². The third kappa shape index (κ3) is 6.13. The van der Waals surface area contributed by atoms with E-state index < -0.39 is 0 Å². The molecule has 0 unspecified atom stereocenters. The van der Waals surface area contributed by atoms with Gasteiger partial charge in [-0.3, -0.25) is 9.59 Å². The Morgan fingerprint density at radius 1 is 1.00 bits per heavy atom. The van der Waals surface area contributed by atoms with Crippen LogP contribution in [0.3, 0.4) is 0 Å². The fraction of sp³-hybridized carbons (Fsp3) is 0.364. The number of amides is 2.